The number of rotatable bonds is 12. The van der Waals surface area contributed by atoms with Gasteiger partial charge in [-0.15, -0.1) is 0 Å². The second-order valence-electron chi connectivity index (χ2n) is 18.7. The van der Waals surface area contributed by atoms with Crippen LogP contribution < -0.4 is 29.8 Å². The minimum atomic E-state index is -2.80. The Hall–Kier alpha value is -8.78. The molecule has 0 aliphatic heterocycles. The lowest BCUT2D eigenvalue weighted by Crippen LogP contribution is -2.41. The highest BCUT2D eigenvalue weighted by Gasteiger charge is 2.47. The fraction of sp³-hybridized carbons (Fsp3) is 0.0625. The van der Waals surface area contributed by atoms with Crippen molar-refractivity contribution in [1.82, 2.24) is 0 Å². The average molecular weight is 939 g/mol. The summed E-state index contributed by atoms with van der Waals surface area (Å²) in [4.78, 5) is 0. The van der Waals surface area contributed by atoms with Crippen molar-refractivity contribution in [3.8, 4) is 56.8 Å². The Morgan fingerprint density at radius 3 is 0.775 bits per heavy atom. The molecule has 10 aromatic carbocycles. The van der Waals surface area contributed by atoms with Gasteiger partial charge in [0.15, 0.2) is 0 Å². The number of hydrogen-bond acceptors (Lipinski definition) is 6. The quantitative estimate of drug-likeness (QED) is 0.0937. The predicted octanol–water partition coefficient (Wildman–Crippen LogP) is 15.3. The molecule has 7 heteroatoms. The highest BCUT2D eigenvalue weighted by atomic mass is 28.4. The van der Waals surface area contributed by atoms with Crippen molar-refractivity contribution in [2.45, 2.75) is 23.9 Å². The van der Waals surface area contributed by atoms with Gasteiger partial charge < -0.3 is 29.8 Å². The first-order valence-corrected chi connectivity index (χ1v) is 26.8. The second-order valence-corrected chi connectivity index (χ2v) is 21.9. The molecule has 0 radical (unpaired) electrons. The molecule has 6 nitrogen and oxygen atoms in total. The summed E-state index contributed by atoms with van der Waals surface area (Å²) in [6, 6.07) is 84.0. The molecule has 4 N–H and O–H groups in total. The summed E-state index contributed by atoms with van der Waals surface area (Å²) in [5.41, 5.74) is 26.5. The second kappa shape index (κ2) is 17.3. The summed E-state index contributed by atoms with van der Waals surface area (Å²) < 4.78 is 26.1. The van der Waals surface area contributed by atoms with Gasteiger partial charge in [-0.1, -0.05) is 146 Å². The smallest absolute Gasteiger partial charge is 0.454 e. The number of anilines is 2. The molecule has 0 fully saturated rings. The van der Waals surface area contributed by atoms with Gasteiger partial charge in [-0.2, -0.15) is 0 Å². The summed E-state index contributed by atoms with van der Waals surface area (Å²) in [6.07, 6.45) is 0. The normalized spacial score (nSPS) is 13.5. The van der Waals surface area contributed by atoms with Gasteiger partial charge in [-0.3, -0.25) is 0 Å². The zero-order valence-corrected chi connectivity index (χ0v) is 40.4. The zero-order valence-electron chi connectivity index (χ0n) is 39.4. The number of benzene rings is 10. The predicted molar refractivity (Wildman–Crippen MR) is 288 cm³/mol. The number of nitrogens with two attached hydrogens (primary N) is 2. The topological polar surface area (TPSA) is 89.0 Å². The first kappa shape index (κ1) is 43.5. The zero-order chi connectivity index (χ0) is 48.2. The van der Waals surface area contributed by atoms with Crippen LogP contribution >= 0.6 is 0 Å². The summed E-state index contributed by atoms with van der Waals surface area (Å²) >= 11 is 0. The van der Waals surface area contributed by atoms with Crippen molar-refractivity contribution in [2.24, 2.45) is 0 Å². The van der Waals surface area contributed by atoms with E-state index in [0.717, 1.165) is 56.8 Å². The van der Waals surface area contributed by atoms with Gasteiger partial charge in [0.25, 0.3) is 0 Å². The fourth-order valence-corrected chi connectivity index (χ4v) is 12.5. The molecule has 0 atom stereocenters. The van der Waals surface area contributed by atoms with Gasteiger partial charge in [0.2, 0.25) is 0 Å². The summed E-state index contributed by atoms with van der Waals surface area (Å²) in [5.74, 6) is 4.48. The molecular formula is C64H50N2O4Si. The van der Waals surface area contributed by atoms with Crippen LogP contribution in [0.3, 0.4) is 0 Å². The third-order valence-electron chi connectivity index (χ3n) is 14.0. The van der Waals surface area contributed by atoms with Crippen LogP contribution in [-0.2, 0) is 10.8 Å². The Morgan fingerprint density at radius 2 is 0.507 bits per heavy atom. The monoisotopic (exact) mass is 938 g/mol. The van der Waals surface area contributed by atoms with Gasteiger partial charge in [0.05, 0.1) is 10.8 Å². The minimum Gasteiger partial charge on any atom is -0.512 e. The molecule has 344 valence electrons. The Morgan fingerprint density at radius 1 is 0.282 bits per heavy atom. The Balaban J connectivity index is 0.841. The van der Waals surface area contributed by atoms with E-state index in [1.807, 2.05) is 48.5 Å². The van der Waals surface area contributed by atoms with Crippen molar-refractivity contribution in [3.05, 3.63) is 287 Å². The lowest BCUT2D eigenvalue weighted by Gasteiger charge is -2.34. The van der Waals surface area contributed by atoms with Gasteiger partial charge >= 0.3 is 8.56 Å². The van der Waals surface area contributed by atoms with Crippen LogP contribution in [0, 0.1) is 0 Å². The molecule has 71 heavy (non-hydrogen) atoms. The van der Waals surface area contributed by atoms with E-state index in [9.17, 15) is 0 Å². The highest BCUT2D eigenvalue weighted by Crippen LogP contribution is 2.58. The lowest BCUT2D eigenvalue weighted by molar-refractivity contribution is 0.399. The van der Waals surface area contributed by atoms with Crippen LogP contribution in [0.5, 0.6) is 34.5 Å². The van der Waals surface area contributed by atoms with Crippen molar-refractivity contribution < 1.29 is 18.3 Å². The molecule has 0 aromatic heterocycles. The van der Waals surface area contributed by atoms with Crippen LogP contribution in [0.15, 0.2) is 243 Å². The Labute approximate surface area is 415 Å². The standard InChI is InChI=1S/C64H50N2O4Si/c1-71(2,69-53-35-23-45(24-36-53)63(59-15-7-3-11-55(59)56-12-4-8-16-60(56)63)43-19-31-49(32-20-43)67-51-39-27-47(65)28-40-51)70-54-37-25-46(26-38-54)64(61-17-9-5-13-57(61)58-14-6-10-18-62(58)64)44-21-33-50(34-22-44)68-52-41-29-48(66)30-42-52/h3-42H,65-66H2,1-2H3. The number of ether oxygens (including phenoxy) is 2. The molecule has 2 aliphatic carbocycles. The van der Waals surface area contributed by atoms with Crippen LogP contribution in [0.1, 0.15) is 44.5 Å². The molecule has 0 spiro atoms. The van der Waals surface area contributed by atoms with Crippen molar-refractivity contribution in [2.75, 3.05) is 11.5 Å². The number of nitrogen functional groups attached to an aromatic ring is 2. The molecule has 0 heterocycles. The Kier molecular flexibility index (Phi) is 10.6. The van der Waals surface area contributed by atoms with E-state index in [0.29, 0.717) is 11.4 Å². The maximum Gasteiger partial charge on any atom is 0.454 e. The maximum atomic E-state index is 6.83. The van der Waals surface area contributed by atoms with Crippen molar-refractivity contribution >= 4 is 19.9 Å². The third-order valence-corrected chi connectivity index (χ3v) is 15.5. The van der Waals surface area contributed by atoms with Crippen molar-refractivity contribution in [3.63, 3.8) is 0 Å². The summed E-state index contributed by atoms with van der Waals surface area (Å²) in [6.45, 7) is 4.18. The highest BCUT2D eigenvalue weighted by molar-refractivity contribution is 6.66. The Bertz CT molecular complexity index is 3230. The lowest BCUT2D eigenvalue weighted by atomic mass is 9.68. The van der Waals surface area contributed by atoms with E-state index in [1.165, 1.54) is 44.5 Å². The van der Waals surface area contributed by atoms with Gasteiger partial charge in [0.1, 0.15) is 34.5 Å². The fourth-order valence-electron chi connectivity index (χ4n) is 11.1. The van der Waals surface area contributed by atoms with E-state index >= 15 is 0 Å². The van der Waals surface area contributed by atoms with Crippen LogP contribution in [0.4, 0.5) is 11.4 Å². The number of fused-ring (bicyclic) bond motifs is 6. The first-order chi connectivity index (χ1) is 34.7. The molecule has 0 saturated heterocycles. The summed E-state index contributed by atoms with van der Waals surface area (Å²) in [5, 5.41) is 0. The molecular weight excluding hydrogens is 889 g/mol. The molecule has 12 rings (SSSR count). The molecule has 0 saturated carbocycles. The van der Waals surface area contributed by atoms with E-state index in [2.05, 4.69) is 207 Å². The van der Waals surface area contributed by atoms with Crippen LogP contribution in [0.2, 0.25) is 13.1 Å². The van der Waals surface area contributed by atoms with Gasteiger partial charge in [-0.25, -0.2) is 0 Å². The maximum absolute atomic E-state index is 6.83. The van der Waals surface area contributed by atoms with Gasteiger partial charge in [0, 0.05) is 24.5 Å². The minimum absolute atomic E-state index is 0.582. The SMILES string of the molecule is C[Si](C)(Oc1ccc(C2(c3ccc(Oc4ccc(N)cc4)cc3)c3ccccc3-c3ccccc32)cc1)Oc1ccc(C2(c3ccc(Oc4ccc(N)cc4)cc3)c3ccccc3-c3ccccc32)cc1. The molecule has 0 amide bonds. The molecule has 10 aromatic rings. The van der Waals surface area contributed by atoms with Gasteiger partial charge in [-0.05, 0) is 164 Å². The van der Waals surface area contributed by atoms with Crippen LogP contribution in [-0.4, -0.2) is 8.56 Å². The molecule has 2 aliphatic rings. The number of hydrogen-bond donors (Lipinski definition) is 2. The van der Waals surface area contributed by atoms with Crippen molar-refractivity contribution in [1.29, 1.82) is 0 Å². The third kappa shape index (κ3) is 7.50. The van der Waals surface area contributed by atoms with Crippen LogP contribution in [0.25, 0.3) is 22.3 Å². The average Bonchev–Trinajstić information content (AvgIpc) is 3.87. The first-order valence-electron chi connectivity index (χ1n) is 23.9. The largest absolute Gasteiger partial charge is 0.512 e. The summed E-state index contributed by atoms with van der Waals surface area (Å²) in [7, 11) is -2.80. The van der Waals surface area contributed by atoms with E-state index in [1.54, 1.807) is 0 Å². The van der Waals surface area contributed by atoms with E-state index in [-0.39, 0.29) is 0 Å². The van der Waals surface area contributed by atoms with E-state index in [4.69, 9.17) is 29.8 Å². The van der Waals surface area contributed by atoms with E-state index < -0.39 is 19.4 Å². The molecule has 0 bridgehead atoms. The molecule has 0 unspecified atom stereocenters.